The van der Waals surface area contributed by atoms with Gasteiger partial charge in [-0.1, -0.05) is 24.1 Å². The van der Waals surface area contributed by atoms with Gasteiger partial charge in [-0.3, -0.25) is 14.6 Å². The van der Waals surface area contributed by atoms with Crippen molar-refractivity contribution in [3.8, 4) is 11.8 Å². The minimum Gasteiger partial charge on any atom is -0.391 e. The summed E-state index contributed by atoms with van der Waals surface area (Å²) in [5.41, 5.74) is 19.0. The van der Waals surface area contributed by atoms with Crippen molar-refractivity contribution in [2.45, 2.75) is 37.6 Å². The molecule has 11 heteroatoms. The molecule has 1 saturated carbocycles. The van der Waals surface area contributed by atoms with Gasteiger partial charge < -0.3 is 31.2 Å². The average Bonchev–Trinajstić information content (AvgIpc) is 3.47. The molecule has 196 valence electrons. The molecule has 0 aromatic carbocycles. The Morgan fingerprint density at radius 3 is 2.65 bits per heavy atom. The van der Waals surface area contributed by atoms with Crippen molar-refractivity contribution < 1.29 is 14.3 Å². The summed E-state index contributed by atoms with van der Waals surface area (Å²) >= 11 is 6.32. The van der Waals surface area contributed by atoms with Gasteiger partial charge in [0.05, 0.1) is 23.4 Å². The highest BCUT2D eigenvalue weighted by atomic mass is 35.5. The van der Waals surface area contributed by atoms with Crippen molar-refractivity contribution in [3.63, 3.8) is 0 Å². The number of halogens is 1. The van der Waals surface area contributed by atoms with Crippen molar-refractivity contribution in [3.05, 3.63) is 58.7 Å². The van der Waals surface area contributed by atoms with E-state index in [9.17, 15) is 9.59 Å². The van der Waals surface area contributed by atoms with Gasteiger partial charge in [0.2, 0.25) is 5.91 Å². The molecule has 1 aliphatic heterocycles. The van der Waals surface area contributed by atoms with Crippen molar-refractivity contribution >= 4 is 34.9 Å². The number of fused-ring (bicyclic) bond motifs is 1. The largest absolute Gasteiger partial charge is 0.391 e. The first kappa shape index (κ1) is 27.8. The van der Waals surface area contributed by atoms with E-state index < -0.39 is 5.91 Å². The van der Waals surface area contributed by atoms with E-state index >= 15 is 0 Å². The quantitative estimate of drug-likeness (QED) is 0.226. The molecular weight excluding hydrogens is 494 g/mol. The van der Waals surface area contributed by atoms with Crippen LogP contribution in [0.2, 0.25) is 5.02 Å². The number of imidazole rings is 1. The van der Waals surface area contributed by atoms with E-state index in [1.165, 1.54) is 26.0 Å². The first-order chi connectivity index (χ1) is 17.7. The van der Waals surface area contributed by atoms with Crippen molar-refractivity contribution in [2.75, 3.05) is 27.3 Å². The maximum atomic E-state index is 11.5. The molecule has 1 unspecified atom stereocenters. The third kappa shape index (κ3) is 6.70. The lowest BCUT2D eigenvalue weighted by Gasteiger charge is -2.22. The van der Waals surface area contributed by atoms with Gasteiger partial charge in [0, 0.05) is 50.3 Å². The molecule has 2 aliphatic rings. The highest BCUT2D eigenvalue weighted by Crippen LogP contribution is 2.40. The number of ether oxygens (including phenoxy) is 1. The number of methoxy groups -OCH3 is 1. The van der Waals surface area contributed by atoms with Crippen LogP contribution in [0, 0.1) is 11.8 Å². The number of rotatable bonds is 6. The number of likely N-dealkylation sites (tertiary alicyclic amines) is 1. The molecule has 37 heavy (non-hydrogen) atoms. The minimum atomic E-state index is -0.793. The summed E-state index contributed by atoms with van der Waals surface area (Å²) in [6, 6.07) is 2.04. The van der Waals surface area contributed by atoms with Gasteiger partial charge in [0.1, 0.15) is 17.1 Å². The van der Waals surface area contributed by atoms with E-state index in [2.05, 4.69) is 28.4 Å². The Morgan fingerprint density at radius 2 is 2.05 bits per heavy atom. The van der Waals surface area contributed by atoms with E-state index in [-0.39, 0.29) is 29.1 Å². The second kappa shape index (κ2) is 12.4. The molecule has 2 fully saturated rings. The number of amides is 2. The first-order valence-electron chi connectivity index (χ1n) is 11.8. The van der Waals surface area contributed by atoms with Gasteiger partial charge in [-0.25, -0.2) is 4.98 Å². The predicted molar refractivity (Wildman–Crippen MR) is 144 cm³/mol. The molecule has 4 rings (SSSR count). The lowest BCUT2D eigenvalue weighted by molar-refractivity contribution is -0.127. The number of primary amides is 1. The Balaban J connectivity index is 0.000000266. The SMILES string of the molecule is C=CC(=O)N1CCCC1COC.CN=C(N)/C(C(N)=O)=C(\N)C#Cc1cc2ncc(C3CC3)n2cc1Cl. The van der Waals surface area contributed by atoms with Crippen LogP contribution in [0.1, 0.15) is 42.9 Å². The Hall–Kier alpha value is -3.81. The summed E-state index contributed by atoms with van der Waals surface area (Å²) in [7, 11) is 3.09. The lowest BCUT2D eigenvalue weighted by Crippen LogP contribution is -2.36. The second-order valence-corrected chi connectivity index (χ2v) is 9.13. The number of nitrogens with two attached hydrogens (primary N) is 3. The maximum absolute atomic E-state index is 11.5. The van der Waals surface area contributed by atoms with E-state index in [1.54, 1.807) is 19.4 Å². The Labute approximate surface area is 221 Å². The highest BCUT2D eigenvalue weighted by molar-refractivity contribution is 6.31. The maximum Gasteiger partial charge on any atom is 0.255 e. The number of allylic oxidation sites excluding steroid dienone is 1. The smallest absolute Gasteiger partial charge is 0.255 e. The van der Waals surface area contributed by atoms with Crippen LogP contribution in [0.3, 0.4) is 0 Å². The number of aliphatic imine (C=N–C) groups is 1. The molecule has 0 spiro atoms. The number of nitrogens with zero attached hydrogens (tertiary/aromatic N) is 4. The van der Waals surface area contributed by atoms with Crippen molar-refractivity contribution in [2.24, 2.45) is 22.2 Å². The van der Waals surface area contributed by atoms with Crippen molar-refractivity contribution in [1.82, 2.24) is 14.3 Å². The molecular formula is C26H32ClN7O3. The van der Waals surface area contributed by atoms with Crippen LogP contribution in [-0.2, 0) is 14.3 Å². The molecule has 2 aromatic heterocycles. The molecule has 2 amide bonds. The fourth-order valence-electron chi connectivity index (χ4n) is 4.11. The number of hydrogen-bond acceptors (Lipinski definition) is 6. The summed E-state index contributed by atoms with van der Waals surface area (Å²) in [6.07, 6.45) is 9.49. The summed E-state index contributed by atoms with van der Waals surface area (Å²) in [4.78, 5) is 32.7. The first-order valence-corrected chi connectivity index (χ1v) is 12.2. The zero-order valence-corrected chi connectivity index (χ0v) is 21.8. The molecule has 0 bridgehead atoms. The van der Waals surface area contributed by atoms with Gasteiger partial charge in [-0.2, -0.15) is 0 Å². The van der Waals surface area contributed by atoms with Gasteiger partial charge in [-0.05, 0) is 43.7 Å². The highest BCUT2D eigenvalue weighted by Gasteiger charge is 2.27. The summed E-state index contributed by atoms with van der Waals surface area (Å²) < 4.78 is 7.00. The number of hydrogen-bond donors (Lipinski definition) is 3. The predicted octanol–water partition coefficient (Wildman–Crippen LogP) is 1.71. The zero-order valence-electron chi connectivity index (χ0n) is 21.0. The molecule has 1 atom stereocenters. The van der Waals surface area contributed by atoms with E-state index in [1.807, 2.05) is 15.5 Å². The number of carbonyl (C=O) groups is 2. The third-order valence-corrected chi connectivity index (χ3v) is 6.46. The van der Waals surface area contributed by atoms with Crippen LogP contribution in [0.5, 0.6) is 0 Å². The Bertz CT molecular complexity index is 1310. The number of aromatic nitrogens is 2. The van der Waals surface area contributed by atoms with Gasteiger partial charge in [0.25, 0.3) is 5.91 Å². The lowest BCUT2D eigenvalue weighted by atomic mass is 10.1. The number of pyridine rings is 1. The fraction of sp³-hybridized carbons (Fsp3) is 0.385. The van der Waals surface area contributed by atoms with Crippen molar-refractivity contribution in [1.29, 1.82) is 0 Å². The van der Waals surface area contributed by atoms with Crippen LogP contribution in [0.15, 0.2) is 47.4 Å². The monoisotopic (exact) mass is 525 g/mol. The molecule has 1 aliphatic carbocycles. The summed E-state index contributed by atoms with van der Waals surface area (Å²) in [5, 5.41) is 0.463. The van der Waals surface area contributed by atoms with Crippen LogP contribution >= 0.6 is 11.6 Å². The van der Waals surface area contributed by atoms with Crippen LogP contribution in [0.25, 0.3) is 5.65 Å². The van der Waals surface area contributed by atoms with Gasteiger partial charge in [-0.15, -0.1) is 0 Å². The van der Waals surface area contributed by atoms with Crippen LogP contribution in [-0.4, -0.2) is 65.3 Å². The summed E-state index contributed by atoms with van der Waals surface area (Å²) in [5.74, 6) is 5.22. The Morgan fingerprint density at radius 1 is 1.32 bits per heavy atom. The standard InChI is InChI=1S/C17H17ClN6O.C9H15NO2/c1-22-16(20)15(17(21)25)12(19)5-4-10-6-14-23-7-13(9-2-3-9)24(14)8-11(10)18;1-3-9(11)10-6-4-5-8(10)7-12-2/h6-9H,2-3,19H2,1H3,(H2,20,22)(H2,21,25);3,8H,1,4-7H2,2H3/b15-12+;. The molecule has 0 radical (unpaired) electrons. The van der Waals surface area contributed by atoms with Gasteiger partial charge in [0.15, 0.2) is 0 Å². The van der Waals surface area contributed by atoms with E-state index in [0.29, 0.717) is 23.1 Å². The topological polar surface area (TPSA) is 154 Å². The zero-order chi connectivity index (χ0) is 27.1. The molecule has 6 N–H and O–H groups in total. The van der Waals surface area contributed by atoms with Gasteiger partial charge >= 0.3 is 0 Å². The Kier molecular flexibility index (Phi) is 9.33. The fourth-order valence-corrected chi connectivity index (χ4v) is 4.31. The normalized spacial score (nSPS) is 17.9. The third-order valence-electron chi connectivity index (χ3n) is 6.16. The number of amidine groups is 1. The molecule has 2 aromatic rings. The van der Waals surface area contributed by atoms with E-state index in [0.717, 1.165) is 30.7 Å². The number of carbonyl (C=O) groups excluding carboxylic acids is 2. The van der Waals surface area contributed by atoms with Crippen LogP contribution < -0.4 is 17.2 Å². The average molecular weight is 526 g/mol. The molecule has 3 heterocycles. The van der Waals surface area contributed by atoms with Crippen LogP contribution in [0.4, 0.5) is 0 Å². The second-order valence-electron chi connectivity index (χ2n) is 8.72. The van der Waals surface area contributed by atoms with E-state index in [4.69, 9.17) is 33.5 Å². The molecule has 10 nitrogen and oxygen atoms in total. The summed E-state index contributed by atoms with van der Waals surface area (Å²) in [6.45, 7) is 4.95. The minimum absolute atomic E-state index is 0.0227. The molecule has 1 saturated heterocycles.